The van der Waals surface area contributed by atoms with Crippen molar-refractivity contribution in [1.29, 1.82) is 0 Å². The van der Waals surface area contributed by atoms with Gasteiger partial charge in [0.15, 0.2) is 0 Å². The van der Waals surface area contributed by atoms with E-state index in [0.717, 1.165) is 10.0 Å². The molecule has 62 valence electrons. The van der Waals surface area contributed by atoms with E-state index in [1.165, 1.54) is 6.07 Å². The average molecular weight is 229 g/mol. The number of benzene rings is 1. The number of ketones is 1. The van der Waals surface area contributed by atoms with E-state index in [0.29, 0.717) is 12.0 Å². The molecular formula is C9H6BrFO. The summed E-state index contributed by atoms with van der Waals surface area (Å²) in [5.74, 6) is -0.171. The molecule has 0 aromatic heterocycles. The van der Waals surface area contributed by atoms with Crippen LogP contribution in [0, 0.1) is 5.82 Å². The molecule has 0 aliphatic heterocycles. The summed E-state index contributed by atoms with van der Waals surface area (Å²) in [4.78, 5) is 11.0. The van der Waals surface area contributed by atoms with Crippen molar-refractivity contribution in [3.63, 3.8) is 0 Å². The van der Waals surface area contributed by atoms with Crippen molar-refractivity contribution in [3.05, 3.63) is 33.5 Å². The number of halogens is 2. The summed E-state index contributed by atoms with van der Waals surface area (Å²) in [5, 5.41) is 0. The maximum Gasteiger partial charge on any atom is 0.141 e. The Morgan fingerprint density at radius 1 is 1.25 bits per heavy atom. The highest BCUT2D eigenvalue weighted by Gasteiger charge is 2.23. The van der Waals surface area contributed by atoms with E-state index in [1.807, 2.05) is 0 Å². The highest BCUT2D eigenvalue weighted by molar-refractivity contribution is 9.10. The third-order valence-corrected chi connectivity index (χ3v) is 2.81. The van der Waals surface area contributed by atoms with E-state index >= 15 is 0 Å². The standard InChI is InChI=1S/C9H6BrFO/c10-8-1-2-9(11)7-4-5(12)3-6(7)8/h1-2H,3-4H2. The minimum Gasteiger partial charge on any atom is -0.299 e. The molecule has 1 aliphatic rings. The lowest BCUT2D eigenvalue weighted by Crippen LogP contribution is -1.93. The molecule has 1 aliphatic carbocycles. The molecule has 0 N–H and O–H groups in total. The number of fused-ring (bicyclic) bond motifs is 1. The van der Waals surface area contributed by atoms with Crippen LogP contribution in [0.5, 0.6) is 0 Å². The second-order valence-electron chi connectivity index (χ2n) is 2.88. The Kier molecular flexibility index (Phi) is 1.76. The van der Waals surface area contributed by atoms with Crippen molar-refractivity contribution in [2.45, 2.75) is 12.8 Å². The molecule has 2 rings (SSSR count). The number of hydrogen-bond acceptors (Lipinski definition) is 1. The van der Waals surface area contributed by atoms with Crippen LogP contribution in [0.15, 0.2) is 16.6 Å². The van der Waals surface area contributed by atoms with E-state index in [2.05, 4.69) is 15.9 Å². The first kappa shape index (κ1) is 7.92. The van der Waals surface area contributed by atoms with Crippen molar-refractivity contribution in [2.24, 2.45) is 0 Å². The van der Waals surface area contributed by atoms with E-state index < -0.39 is 0 Å². The summed E-state index contributed by atoms with van der Waals surface area (Å²) >= 11 is 3.29. The quantitative estimate of drug-likeness (QED) is 0.666. The number of rotatable bonds is 0. The SMILES string of the molecule is O=C1Cc2c(F)ccc(Br)c2C1. The van der Waals surface area contributed by atoms with E-state index in [9.17, 15) is 9.18 Å². The first-order valence-electron chi connectivity index (χ1n) is 3.66. The van der Waals surface area contributed by atoms with Gasteiger partial charge in [0.2, 0.25) is 0 Å². The molecule has 1 aromatic carbocycles. The minimum atomic E-state index is -0.265. The number of Topliss-reactive ketones (excluding diaryl/α,β-unsaturated/α-hetero) is 1. The summed E-state index contributed by atoms with van der Waals surface area (Å²) in [6.45, 7) is 0. The molecule has 12 heavy (non-hydrogen) atoms. The maximum atomic E-state index is 13.1. The predicted molar refractivity (Wildman–Crippen MR) is 46.5 cm³/mol. The summed E-state index contributed by atoms with van der Waals surface area (Å²) in [5.41, 5.74) is 1.38. The molecule has 3 heteroatoms. The van der Waals surface area contributed by atoms with Crippen LogP contribution < -0.4 is 0 Å². The fraction of sp³-hybridized carbons (Fsp3) is 0.222. The second kappa shape index (κ2) is 2.66. The zero-order valence-corrected chi connectivity index (χ0v) is 7.82. The van der Waals surface area contributed by atoms with Crippen LogP contribution in [0.3, 0.4) is 0 Å². The van der Waals surface area contributed by atoms with Crippen molar-refractivity contribution in [3.8, 4) is 0 Å². The van der Waals surface area contributed by atoms with Crippen molar-refractivity contribution >= 4 is 21.7 Å². The van der Waals surface area contributed by atoms with Gasteiger partial charge in [-0.15, -0.1) is 0 Å². The molecule has 0 bridgehead atoms. The molecule has 0 unspecified atom stereocenters. The Morgan fingerprint density at radius 3 is 2.58 bits per heavy atom. The van der Waals surface area contributed by atoms with Crippen LogP contribution in [0.1, 0.15) is 11.1 Å². The van der Waals surface area contributed by atoms with Gasteiger partial charge in [0, 0.05) is 17.3 Å². The Morgan fingerprint density at radius 2 is 1.92 bits per heavy atom. The Balaban J connectivity index is 2.64. The van der Waals surface area contributed by atoms with Crippen molar-refractivity contribution in [2.75, 3.05) is 0 Å². The molecular weight excluding hydrogens is 223 g/mol. The van der Waals surface area contributed by atoms with E-state index in [1.54, 1.807) is 6.07 Å². The van der Waals surface area contributed by atoms with Gasteiger partial charge >= 0.3 is 0 Å². The molecule has 1 aromatic rings. The van der Waals surface area contributed by atoms with E-state index in [-0.39, 0.29) is 18.0 Å². The van der Waals surface area contributed by atoms with Crippen LogP contribution >= 0.6 is 15.9 Å². The van der Waals surface area contributed by atoms with Crippen molar-refractivity contribution in [1.82, 2.24) is 0 Å². The molecule has 0 amide bonds. The van der Waals surface area contributed by atoms with Gasteiger partial charge in [-0.1, -0.05) is 15.9 Å². The van der Waals surface area contributed by atoms with Gasteiger partial charge in [-0.3, -0.25) is 4.79 Å². The summed E-state index contributed by atoms with van der Waals surface area (Å²) in [6, 6.07) is 3.04. The Hall–Kier alpha value is -0.700. The van der Waals surface area contributed by atoms with Crippen LogP contribution in [0.2, 0.25) is 0 Å². The van der Waals surface area contributed by atoms with Crippen LogP contribution in [-0.2, 0) is 17.6 Å². The van der Waals surface area contributed by atoms with Gasteiger partial charge < -0.3 is 0 Å². The Labute approximate surface area is 77.7 Å². The van der Waals surface area contributed by atoms with Crippen LogP contribution in [-0.4, -0.2) is 5.78 Å². The fourth-order valence-electron chi connectivity index (χ4n) is 1.47. The van der Waals surface area contributed by atoms with Gasteiger partial charge in [0.25, 0.3) is 0 Å². The molecule has 1 nitrogen and oxygen atoms in total. The lowest BCUT2D eigenvalue weighted by Gasteiger charge is -2.00. The molecule has 0 saturated heterocycles. The summed E-state index contributed by atoms with van der Waals surface area (Å²) < 4.78 is 13.9. The zero-order chi connectivity index (χ0) is 8.72. The molecule has 0 spiro atoms. The molecule has 0 heterocycles. The zero-order valence-electron chi connectivity index (χ0n) is 6.23. The highest BCUT2D eigenvalue weighted by Crippen LogP contribution is 2.29. The molecule has 0 atom stereocenters. The first-order valence-corrected chi connectivity index (χ1v) is 4.45. The third kappa shape index (κ3) is 1.08. The first-order chi connectivity index (χ1) is 5.68. The monoisotopic (exact) mass is 228 g/mol. The smallest absolute Gasteiger partial charge is 0.141 e. The topological polar surface area (TPSA) is 17.1 Å². The van der Waals surface area contributed by atoms with Crippen LogP contribution in [0.4, 0.5) is 4.39 Å². The number of carbonyl (C=O) groups is 1. The van der Waals surface area contributed by atoms with Gasteiger partial charge in [0.1, 0.15) is 11.6 Å². The fourth-order valence-corrected chi connectivity index (χ4v) is 1.99. The summed E-state index contributed by atoms with van der Waals surface area (Å²) in [6.07, 6.45) is 0.619. The predicted octanol–water partition coefficient (Wildman–Crippen LogP) is 2.26. The lowest BCUT2D eigenvalue weighted by molar-refractivity contribution is -0.117. The van der Waals surface area contributed by atoms with Gasteiger partial charge in [-0.25, -0.2) is 4.39 Å². The van der Waals surface area contributed by atoms with Gasteiger partial charge in [-0.05, 0) is 23.3 Å². The maximum absolute atomic E-state index is 13.1. The van der Waals surface area contributed by atoms with Gasteiger partial charge in [0.05, 0.1) is 0 Å². The molecule has 0 radical (unpaired) electrons. The number of hydrogen-bond donors (Lipinski definition) is 0. The Bertz CT molecular complexity index is 327. The van der Waals surface area contributed by atoms with Crippen LogP contribution in [0.25, 0.3) is 0 Å². The van der Waals surface area contributed by atoms with Crippen molar-refractivity contribution < 1.29 is 9.18 Å². The number of carbonyl (C=O) groups excluding carboxylic acids is 1. The second-order valence-corrected chi connectivity index (χ2v) is 3.73. The lowest BCUT2D eigenvalue weighted by atomic mass is 10.1. The largest absolute Gasteiger partial charge is 0.299 e. The molecule has 0 saturated carbocycles. The molecule has 0 fully saturated rings. The van der Waals surface area contributed by atoms with Gasteiger partial charge in [-0.2, -0.15) is 0 Å². The third-order valence-electron chi connectivity index (χ3n) is 2.06. The summed E-state index contributed by atoms with van der Waals surface area (Å²) in [7, 11) is 0. The minimum absolute atomic E-state index is 0.0933. The highest BCUT2D eigenvalue weighted by atomic mass is 79.9. The average Bonchev–Trinajstić information content (AvgIpc) is 2.41. The van der Waals surface area contributed by atoms with E-state index in [4.69, 9.17) is 0 Å². The normalized spacial score (nSPS) is 15.0.